The van der Waals surface area contributed by atoms with Crippen molar-refractivity contribution >= 4 is 0 Å². The highest BCUT2D eigenvalue weighted by atomic mass is 16.5. The van der Waals surface area contributed by atoms with Crippen molar-refractivity contribution < 1.29 is 9.47 Å². The molecule has 3 aliphatic rings. The minimum atomic E-state index is 0.605. The molecule has 0 N–H and O–H groups in total. The van der Waals surface area contributed by atoms with E-state index in [1.54, 1.807) is 7.11 Å². The van der Waals surface area contributed by atoms with Gasteiger partial charge in [0, 0.05) is 57.8 Å². The first-order valence-corrected chi connectivity index (χ1v) is 9.58. The second kappa shape index (κ2) is 7.62. The van der Waals surface area contributed by atoms with Crippen molar-refractivity contribution in [3.05, 3.63) is 29.8 Å². The molecule has 1 aromatic carbocycles. The third-order valence-corrected chi connectivity index (χ3v) is 6.25. The number of hydrogen-bond acceptors (Lipinski definition) is 5. The Kier molecular flexibility index (Phi) is 5.27. The number of piperazine rings is 1. The fourth-order valence-electron chi connectivity index (χ4n) is 4.71. The molecule has 25 heavy (non-hydrogen) atoms. The smallest absolute Gasteiger partial charge is 0.118 e. The first-order chi connectivity index (χ1) is 12.2. The van der Waals surface area contributed by atoms with E-state index in [9.17, 15) is 0 Å². The number of rotatable bonds is 4. The van der Waals surface area contributed by atoms with Crippen LogP contribution < -0.4 is 4.74 Å². The first-order valence-electron chi connectivity index (χ1n) is 9.58. The van der Waals surface area contributed by atoms with Gasteiger partial charge in [0.05, 0.1) is 20.3 Å². The first kappa shape index (κ1) is 17.3. The molecule has 0 spiro atoms. The maximum absolute atomic E-state index is 6.01. The molecule has 138 valence electrons. The number of nitrogens with zero attached hydrogens (tertiary/aromatic N) is 3. The summed E-state index contributed by atoms with van der Waals surface area (Å²) in [5.41, 5.74) is 1.37. The summed E-state index contributed by atoms with van der Waals surface area (Å²) in [6, 6.07) is 9.11. The average molecular weight is 345 g/mol. The van der Waals surface area contributed by atoms with Crippen molar-refractivity contribution in [2.45, 2.75) is 12.6 Å². The fraction of sp³-hybridized carbons (Fsp3) is 0.700. The second-order valence-corrected chi connectivity index (χ2v) is 7.91. The Morgan fingerprint density at radius 3 is 2.52 bits per heavy atom. The second-order valence-electron chi connectivity index (χ2n) is 7.91. The van der Waals surface area contributed by atoms with Gasteiger partial charge in [-0.1, -0.05) is 12.1 Å². The SMILES string of the molecule is COc1ccc(CN2C[C@@H]3COC[C@H](N4CCN(C)CC4)[C@@H]3C2)cc1. The molecule has 3 atom stereocenters. The van der Waals surface area contributed by atoms with Gasteiger partial charge >= 0.3 is 0 Å². The van der Waals surface area contributed by atoms with Gasteiger partial charge in [-0.05, 0) is 30.7 Å². The van der Waals surface area contributed by atoms with Crippen LogP contribution in [0.25, 0.3) is 0 Å². The molecule has 0 aromatic heterocycles. The Labute approximate surface area is 151 Å². The van der Waals surface area contributed by atoms with Crippen molar-refractivity contribution in [3.63, 3.8) is 0 Å². The van der Waals surface area contributed by atoms with E-state index >= 15 is 0 Å². The molecule has 0 bridgehead atoms. The molecule has 1 aromatic rings. The molecule has 3 fully saturated rings. The molecule has 3 heterocycles. The van der Waals surface area contributed by atoms with Crippen molar-refractivity contribution in [1.29, 1.82) is 0 Å². The van der Waals surface area contributed by atoms with Crippen LogP contribution >= 0.6 is 0 Å². The van der Waals surface area contributed by atoms with Crippen molar-refractivity contribution in [1.82, 2.24) is 14.7 Å². The number of methoxy groups -OCH3 is 1. The summed E-state index contributed by atoms with van der Waals surface area (Å²) in [5.74, 6) is 2.38. The number of hydrogen-bond donors (Lipinski definition) is 0. The van der Waals surface area contributed by atoms with Gasteiger partial charge in [-0.3, -0.25) is 9.80 Å². The maximum atomic E-state index is 6.01. The van der Waals surface area contributed by atoms with Crippen LogP contribution in [0.5, 0.6) is 5.75 Å². The average Bonchev–Trinajstić information content (AvgIpc) is 3.05. The van der Waals surface area contributed by atoms with Gasteiger partial charge in [0.1, 0.15) is 5.75 Å². The quantitative estimate of drug-likeness (QED) is 0.822. The van der Waals surface area contributed by atoms with Gasteiger partial charge in [0.15, 0.2) is 0 Å². The molecule has 3 aliphatic heterocycles. The Balaban J connectivity index is 1.38. The number of fused-ring (bicyclic) bond motifs is 1. The van der Waals surface area contributed by atoms with Crippen LogP contribution in [0.3, 0.4) is 0 Å². The van der Waals surface area contributed by atoms with Gasteiger partial charge < -0.3 is 14.4 Å². The van der Waals surface area contributed by atoms with Crippen LogP contribution in [-0.4, -0.2) is 87.4 Å². The highest BCUT2D eigenvalue weighted by molar-refractivity contribution is 5.27. The molecule has 4 rings (SSSR count). The summed E-state index contributed by atoms with van der Waals surface area (Å²) in [6.07, 6.45) is 0. The summed E-state index contributed by atoms with van der Waals surface area (Å²) in [4.78, 5) is 7.74. The Hall–Kier alpha value is -1.14. The highest BCUT2D eigenvalue weighted by Gasteiger charge is 2.43. The summed E-state index contributed by atoms with van der Waals surface area (Å²) in [6.45, 7) is 10.0. The Morgan fingerprint density at radius 2 is 1.80 bits per heavy atom. The highest BCUT2D eigenvalue weighted by Crippen LogP contribution is 2.34. The van der Waals surface area contributed by atoms with E-state index < -0.39 is 0 Å². The van der Waals surface area contributed by atoms with E-state index in [4.69, 9.17) is 9.47 Å². The number of likely N-dealkylation sites (N-methyl/N-ethyl adjacent to an activating group) is 1. The van der Waals surface area contributed by atoms with E-state index in [-0.39, 0.29) is 0 Å². The van der Waals surface area contributed by atoms with E-state index in [0.717, 1.165) is 31.4 Å². The lowest BCUT2D eigenvalue weighted by atomic mass is 9.86. The van der Waals surface area contributed by atoms with Crippen LogP contribution in [-0.2, 0) is 11.3 Å². The van der Waals surface area contributed by atoms with Gasteiger partial charge in [-0.25, -0.2) is 0 Å². The van der Waals surface area contributed by atoms with Gasteiger partial charge in [0.2, 0.25) is 0 Å². The molecular formula is C20H31N3O2. The summed E-state index contributed by atoms with van der Waals surface area (Å²) in [7, 11) is 3.95. The van der Waals surface area contributed by atoms with Crippen LogP contribution in [0.2, 0.25) is 0 Å². The van der Waals surface area contributed by atoms with Crippen molar-refractivity contribution in [2.75, 3.05) is 66.6 Å². The molecule has 3 saturated heterocycles. The maximum Gasteiger partial charge on any atom is 0.118 e. The van der Waals surface area contributed by atoms with Gasteiger partial charge in [-0.2, -0.15) is 0 Å². The monoisotopic (exact) mass is 345 g/mol. The Bertz CT molecular complexity index is 557. The van der Waals surface area contributed by atoms with Gasteiger partial charge in [0.25, 0.3) is 0 Å². The predicted octanol–water partition coefficient (Wildman–Crippen LogP) is 1.39. The van der Waals surface area contributed by atoms with Crippen molar-refractivity contribution in [3.8, 4) is 5.75 Å². The predicted molar refractivity (Wildman–Crippen MR) is 98.9 cm³/mol. The molecular weight excluding hydrogens is 314 g/mol. The lowest BCUT2D eigenvalue weighted by Gasteiger charge is -2.44. The number of ether oxygens (including phenoxy) is 2. The largest absolute Gasteiger partial charge is 0.497 e. The van der Waals surface area contributed by atoms with Gasteiger partial charge in [-0.15, -0.1) is 0 Å². The number of benzene rings is 1. The van der Waals surface area contributed by atoms with E-state index in [1.807, 2.05) is 0 Å². The molecule has 0 radical (unpaired) electrons. The third-order valence-electron chi connectivity index (χ3n) is 6.25. The van der Waals surface area contributed by atoms with Crippen LogP contribution in [0.1, 0.15) is 5.56 Å². The standard InChI is InChI=1S/C20H31N3O2/c1-21-7-9-23(10-8-21)20-15-25-14-17-12-22(13-19(17)20)11-16-3-5-18(24-2)6-4-16/h3-6,17,19-20H,7-15H2,1-2H3/t17-,19-,20+/m1/s1. The number of likely N-dealkylation sites (tertiary alicyclic amines) is 1. The topological polar surface area (TPSA) is 28.2 Å². The fourth-order valence-corrected chi connectivity index (χ4v) is 4.71. The minimum Gasteiger partial charge on any atom is -0.497 e. The molecule has 0 amide bonds. The summed E-state index contributed by atoms with van der Waals surface area (Å²) >= 11 is 0. The van der Waals surface area contributed by atoms with E-state index in [0.29, 0.717) is 12.0 Å². The molecule has 0 unspecified atom stereocenters. The summed E-state index contributed by atoms with van der Waals surface area (Å²) < 4.78 is 11.3. The molecule has 5 nitrogen and oxygen atoms in total. The normalized spacial score (nSPS) is 31.8. The summed E-state index contributed by atoms with van der Waals surface area (Å²) in [5, 5.41) is 0. The minimum absolute atomic E-state index is 0.605. The lowest BCUT2D eigenvalue weighted by Crippen LogP contribution is -2.56. The lowest BCUT2D eigenvalue weighted by molar-refractivity contribution is -0.0485. The van der Waals surface area contributed by atoms with Crippen LogP contribution in [0.4, 0.5) is 0 Å². The van der Waals surface area contributed by atoms with Crippen LogP contribution in [0, 0.1) is 11.8 Å². The Morgan fingerprint density at radius 1 is 1.04 bits per heavy atom. The zero-order chi connectivity index (χ0) is 17.2. The zero-order valence-corrected chi connectivity index (χ0v) is 15.6. The zero-order valence-electron chi connectivity index (χ0n) is 15.6. The third kappa shape index (κ3) is 3.85. The molecule has 0 saturated carbocycles. The van der Waals surface area contributed by atoms with E-state index in [1.165, 1.54) is 44.8 Å². The molecule has 0 aliphatic carbocycles. The molecule has 5 heteroatoms. The van der Waals surface area contributed by atoms with Crippen LogP contribution in [0.15, 0.2) is 24.3 Å². The van der Waals surface area contributed by atoms with Crippen molar-refractivity contribution in [2.24, 2.45) is 11.8 Å². The van der Waals surface area contributed by atoms with E-state index in [2.05, 4.69) is 46.0 Å².